The molecule has 1 heterocycles. The highest BCUT2D eigenvalue weighted by atomic mass is 79.9. The first-order valence-electron chi connectivity index (χ1n) is 7.94. The fourth-order valence-electron chi connectivity index (χ4n) is 2.41. The monoisotopic (exact) mass is 325 g/mol. The summed E-state index contributed by atoms with van der Waals surface area (Å²) in [5.41, 5.74) is 1.35. The summed E-state index contributed by atoms with van der Waals surface area (Å²) in [6.45, 7) is 2.28. The molecule has 0 radical (unpaired) electrons. The van der Waals surface area contributed by atoms with E-state index in [0.29, 0.717) is 0 Å². The molecule has 0 unspecified atom stereocenters. The minimum atomic E-state index is 1.02. The van der Waals surface area contributed by atoms with Gasteiger partial charge >= 0.3 is 0 Å². The van der Waals surface area contributed by atoms with E-state index >= 15 is 0 Å². The number of aromatic nitrogens is 1. The first-order chi connectivity index (χ1) is 9.34. The summed E-state index contributed by atoms with van der Waals surface area (Å²) < 4.78 is 1.02. The fraction of sp³-hybridized carbons (Fsp3) is 0.706. The molecule has 0 saturated heterocycles. The van der Waals surface area contributed by atoms with Crippen LogP contribution in [0, 0.1) is 0 Å². The molecule has 0 N–H and O–H groups in total. The molecule has 1 nitrogen and oxygen atoms in total. The van der Waals surface area contributed by atoms with Crippen LogP contribution >= 0.6 is 15.9 Å². The van der Waals surface area contributed by atoms with Gasteiger partial charge in [-0.25, -0.2) is 4.98 Å². The number of hydrogen-bond donors (Lipinski definition) is 0. The Morgan fingerprint density at radius 1 is 0.895 bits per heavy atom. The first kappa shape index (κ1) is 16.7. The summed E-state index contributed by atoms with van der Waals surface area (Å²) >= 11 is 3.51. The topological polar surface area (TPSA) is 12.9 Å². The van der Waals surface area contributed by atoms with Crippen LogP contribution in [0.2, 0.25) is 0 Å². The second-order valence-corrected chi connectivity index (χ2v) is 6.14. The van der Waals surface area contributed by atoms with Crippen molar-refractivity contribution in [1.29, 1.82) is 0 Å². The SMILES string of the molecule is CCCCCCCCCCCCc1cccnc1Br. The van der Waals surface area contributed by atoms with Crippen LogP contribution in [0.4, 0.5) is 0 Å². The van der Waals surface area contributed by atoms with Crippen LogP contribution in [-0.4, -0.2) is 4.98 Å². The number of pyridine rings is 1. The average Bonchev–Trinajstić information content (AvgIpc) is 2.43. The maximum Gasteiger partial charge on any atom is 0.109 e. The molecular weight excluding hydrogens is 298 g/mol. The third-order valence-electron chi connectivity index (χ3n) is 3.64. The minimum Gasteiger partial charge on any atom is -0.249 e. The van der Waals surface area contributed by atoms with E-state index in [1.54, 1.807) is 0 Å². The van der Waals surface area contributed by atoms with Crippen molar-refractivity contribution in [2.24, 2.45) is 0 Å². The number of rotatable bonds is 11. The van der Waals surface area contributed by atoms with E-state index in [1.165, 1.54) is 69.8 Å². The zero-order valence-corrected chi connectivity index (χ0v) is 13.9. The van der Waals surface area contributed by atoms with Gasteiger partial charge in [0.15, 0.2) is 0 Å². The van der Waals surface area contributed by atoms with Gasteiger partial charge in [0.25, 0.3) is 0 Å². The lowest BCUT2D eigenvalue weighted by molar-refractivity contribution is 0.556. The van der Waals surface area contributed by atoms with Crippen LogP contribution < -0.4 is 0 Å². The Morgan fingerprint density at radius 2 is 1.47 bits per heavy atom. The summed E-state index contributed by atoms with van der Waals surface area (Å²) in [7, 11) is 0. The standard InChI is InChI=1S/C17H28BrN/c1-2-3-4-5-6-7-8-9-10-11-13-16-14-12-15-19-17(16)18/h12,14-15H,2-11,13H2,1H3. The normalized spacial score (nSPS) is 10.8. The summed E-state index contributed by atoms with van der Waals surface area (Å²) in [4.78, 5) is 4.26. The Hall–Kier alpha value is -0.370. The number of aryl methyl sites for hydroxylation is 1. The van der Waals surface area contributed by atoms with Gasteiger partial charge in [0.2, 0.25) is 0 Å². The van der Waals surface area contributed by atoms with Crippen LogP contribution in [0.3, 0.4) is 0 Å². The molecule has 19 heavy (non-hydrogen) atoms. The van der Waals surface area contributed by atoms with Crippen LogP contribution in [0.5, 0.6) is 0 Å². The molecule has 0 spiro atoms. The van der Waals surface area contributed by atoms with E-state index < -0.39 is 0 Å². The van der Waals surface area contributed by atoms with Gasteiger partial charge in [0.05, 0.1) is 0 Å². The molecule has 1 aromatic heterocycles. The van der Waals surface area contributed by atoms with Gasteiger partial charge < -0.3 is 0 Å². The maximum atomic E-state index is 4.26. The maximum absolute atomic E-state index is 4.26. The number of nitrogens with zero attached hydrogens (tertiary/aromatic N) is 1. The van der Waals surface area contributed by atoms with Crippen LogP contribution in [0.15, 0.2) is 22.9 Å². The summed E-state index contributed by atoms with van der Waals surface area (Å²) in [6.07, 6.45) is 17.0. The zero-order valence-electron chi connectivity index (χ0n) is 12.3. The van der Waals surface area contributed by atoms with Gasteiger partial charge in [-0.15, -0.1) is 0 Å². The highest BCUT2D eigenvalue weighted by Crippen LogP contribution is 2.16. The van der Waals surface area contributed by atoms with Crippen molar-refractivity contribution >= 4 is 15.9 Å². The Balaban J connectivity index is 1.90. The minimum absolute atomic E-state index is 1.02. The zero-order chi connectivity index (χ0) is 13.8. The number of unbranched alkanes of at least 4 members (excludes halogenated alkanes) is 9. The highest BCUT2D eigenvalue weighted by Gasteiger charge is 1.99. The van der Waals surface area contributed by atoms with Crippen LogP contribution in [-0.2, 0) is 6.42 Å². The lowest BCUT2D eigenvalue weighted by atomic mass is 10.0. The lowest BCUT2D eigenvalue weighted by Gasteiger charge is -2.04. The van der Waals surface area contributed by atoms with Gasteiger partial charge in [-0.1, -0.05) is 70.8 Å². The third kappa shape index (κ3) is 8.41. The Morgan fingerprint density at radius 3 is 2.05 bits per heavy atom. The lowest BCUT2D eigenvalue weighted by Crippen LogP contribution is -1.89. The molecule has 0 saturated carbocycles. The van der Waals surface area contributed by atoms with Gasteiger partial charge in [-0.3, -0.25) is 0 Å². The third-order valence-corrected chi connectivity index (χ3v) is 4.35. The van der Waals surface area contributed by atoms with Crippen molar-refractivity contribution < 1.29 is 0 Å². The molecule has 0 aliphatic heterocycles. The Labute approximate surface area is 127 Å². The molecule has 0 fully saturated rings. The average molecular weight is 326 g/mol. The van der Waals surface area contributed by atoms with E-state index in [1.807, 2.05) is 12.3 Å². The summed E-state index contributed by atoms with van der Waals surface area (Å²) in [5.74, 6) is 0. The molecule has 1 aromatic rings. The fourth-order valence-corrected chi connectivity index (χ4v) is 2.86. The van der Waals surface area contributed by atoms with Crippen molar-refractivity contribution in [2.45, 2.75) is 77.6 Å². The van der Waals surface area contributed by atoms with E-state index in [0.717, 1.165) is 11.0 Å². The van der Waals surface area contributed by atoms with Crippen LogP contribution in [0.25, 0.3) is 0 Å². The summed E-state index contributed by atoms with van der Waals surface area (Å²) in [6, 6.07) is 4.20. The molecule has 0 aromatic carbocycles. The molecule has 0 aliphatic carbocycles. The van der Waals surface area contributed by atoms with E-state index in [4.69, 9.17) is 0 Å². The van der Waals surface area contributed by atoms with Gasteiger partial charge in [0.1, 0.15) is 4.60 Å². The van der Waals surface area contributed by atoms with Gasteiger partial charge in [-0.2, -0.15) is 0 Å². The van der Waals surface area contributed by atoms with E-state index in [2.05, 4.69) is 33.9 Å². The quantitative estimate of drug-likeness (QED) is 0.343. The first-order valence-corrected chi connectivity index (χ1v) is 8.73. The second-order valence-electron chi connectivity index (χ2n) is 5.39. The molecule has 0 aliphatic rings. The predicted octanol–water partition coefficient (Wildman–Crippen LogP) is 6.31. The van der Waals surface area contributed by atoms with Crippen molar-refractivity contribution in [3.8, 4) is 0 Å². The smallest absolute Gasteiger partial charge is 0.109 e. The molecule has 108 valence electrons. The molecular formula is C17H28BrN. The molecule has 2 heteroatoms. The number of halogens is 1. The largest absolute Gasteiger partial charge is 0.249 e. The van der Waals surface area contributed by atoms with Crippen LogP contribution in [0.1, 0.15) is 76.7 Å². The van der Waals surface area contributed by atoms with Crippen molar-refractivity contribution in [1.82, 2.24) is 4.98 Å². The molecule has 0 amide bonds. The van der Waals surface area contributed by atoms with Crippen molar-refractivity contribution in [3.63, 3.8) is 0 Å². The molecule has 0 bridgehead atoms. The highest BCUT2D eigenvalue weighted by molar-refractivity contribution is 9.10. The summed E-state index contributed by atoms with van der Waals surface area (Å²) in [5, 5.41) is 0. The Kier molecular flexibility index (Phi) is 10.1. The van der Waals surface area contributed by atoms with Crippen molar-refractivity contribution in [2.75, 3.05) is 0 Å². The second kappa shape index (κ2) is 11.5. The van der Waals surface area contributed by atoms with Gasteiger partial charge in [-0.05, 0) is 40.4 Å². The predicted molar refractivity (Wildman–Crippen MR) is 87.5 cm³/mol. The van der Waals surface area contributed by atoms with E-state index in [-0.39, 0.29) is 0 Å². The van der Waals surface area contributed by atoms with Gasteiger partial charge in [0, 0.05) is 6.20 Å². The van der Waals surface area contributed by atoms with E-state index in [9.17, 15) is 0 Å². The van der Waals surface area contributed by atoms with Crippen molar-refractivity contribution in [3.05, 3.63) is 28.5 Å². The molecule has 1 rings (SSSR count). The molecule has 0 atom stereocenters. The Bertz CT molecular complexity index is 325. The number of hydrogen-bond acceptors (Lipinski definition) is 1.